The highest BCUT2D eigenvalue weighted by atomic mass is 19.1. The third-order valence-electron chi connectivity index (χ3n) is 3.48. The summed E-state index contributed by atoms with van der Waals surface area (Å²) in [6.45, 7) is 0.391. The number of hydrogen-bond acceptors (Lipinski definition) is 2. The Hall–Kier alpha value is -1.91. The van der Waals surface area contributed by atoms with Gasteiger partial charge >= 0.3 is 5.97 Å². The van der Waals surface area contributed by atoms with Crippen LogP contribution < -0.4 is 0 Å². The van der Waals surface area contributed by atoms with Crippen molar-refractivity contribution in [2.75, 3.05) is 13.6 Å². The number of rotatable bonds is 5. The fraction of sp³-hybridized carbons (Fsp3) is 0.429. The molecule has 1 aromatic carbocycles. The summed E-state index contributed by atoms with van der Waals surface area (Å²) in [5.41, 5.74) is 0.563. The summed E-state index contributed by atoms with van der Waals surface area (Å²) >= 11 is 0. The molecule has 2 unspecified atom stereocenters. The molecule has 0 saturated heterocycles. The molecule has 1 aliphatic carbocycles. The van der Waals surface area contributed by atoms with E-state index in [0.29, 0.717) is 24.9 Å². The Morgan fingerprint density at radius 1 is 1.37 bits per heavy atom. The van der Waals surface area contributed by atoms with Gasteiger partial charge in [0.1, 0.15) is 5.82 Å². The summed E-state index contributed by atoms with van der Waals surface area (Å²) in [6.07, 6.45) is 0.845. The highest BCUT2D eigenvalue weighted by molar-refractivity contribution is 5.89. The topological polar surface area (TPSA) is 57.6 Å². The van der Waals surface area contributed by atoms with Crippen LogP contribution in [0.1, 0.15) is 12.0 Å². The molecule has 5 heteroatoms. The molecule has 1 fully saturated rings. The van der Waals surface area contributed by atoms with Crippen LogP contribution in [0.15, 0.2) is 24.3 Å². The minimum absolute atomic E-state index is 0.163. The predicted molar refractivity (Wildman–Crippen MR) is 67.0 cm³/mol. The third-order valence-corrected chi connectivity index (χ3v) is 3.48. The molecule has 2 atom stereocenters. The smallest absolute Gasteiger partial charge is 0.307 e. The first kappa shape index (κ1) is 13.5. The van der Waals surface area contributed by atoms with Gasteiger partial charge in [0.15, 0.2) is 0 Å². The minimum Gasteiger partial charge on any atom is -0.481 e. The van der Waals surface area contributed by atoms with Crippen molar-refractivity contribution < 1.29 is 19.1 Å². The first-order chi connectivity index (χ1) is 9.00. The van der Waals surface area contributed by atoms with Gasteiger partial charge in [0.2, 0.25) is 5.91 Å². The number of amides is 1. The standard InChI is InChI=1S/C14H16FNO3/c1-16(13(17)10-8-11(10)14(18)19)7-6-9-4-2-3-5-12(9)15/h2-5,10-11H,6-8H2,1H3,(H,18,19). The van der Waals surface area contributed by atoms with Crippen molar-refractivity contribution in [1.29, 1.82) is 0 Å². The van der Waals surface area contributed by atoms with Crippen LogP contribution in [0.2, 0.25) is 0 Å². The number of aliphatic carboxylic acids is 1. The van der Waals surface area contributed by atoms with Crippen molar-refractivity contribution >= 4 is 11.9 Å². The number of hydrogen-bond donors (Lipinski definition) is 1. The van der Waals surface area contributed by atoms with E-state index in [1.807, 2.05) is 0 Å². The fourth-order valence-corrected chi connectivity index (χ4v) is 2.12. The molecule has 0 bridgehead atoms. The second-order valence-corrected chi connectivity index (χ2v) is 4.89. The first-order valence-corrected chi connectivity index (χ1v) is 6.22. The highest BCUT2D eigenvalue weighted by Gasteiger charge is 2.49. The lowest BCUT2D eigenvalue weighted by molar-refractivity contribution is -0.141. The van der Waals surface area contributed by atoms with Gasteiger partial charge in [-0.05, 0) is 24.5 Å². The largest absolute Gasteiger partial charge is 0.481 e. The molecule has 1 N–H and O–H groups in total. The molecule has 0 aliphatic heterocycles. The lowest BCUT2D eigenvalue weighted by Crippen LogP contribution is -2.31. The Labute approximate surface area is 110 Å². The molecule has 0 radical (unpaired) electrons. The van der Waals surface area contributed by atoms with Crippen LogP contribution in [0, 0.1) is 17.7 Å². The van der Waals surface area contributed by atoms with Crippen molar-refractivity contribution in [1.82, 2.24) is 4.90 Å². The molecule has 1 saturated carbocycles. The van der Waals surface area contributed by atoms with Gasteiger partial charge in [-0.15, -0.1) is 0 Å². The van der Waals surface area contributed by atoms with E-state index in [1.54, 1.807) is 25.2 Å². The zero-order chi connectivity index (χ0) is 14.0. The van der Waals surface area contributed by atoms with Gasteiger partial charge in [0.25, 0.3) is 0 Å². The van der Waals surface area contributed by atoms with Gasteiger partial charge in [-0.2, -0.15) is 0 Å². The Balaban J connectivity index is 1.85. The summed E-state index contributed by atoms with van der Waals surface area (Å²) in [5, 5.41) is 8.78. The van der Waals surface area contributed by atoms with Gasteiger partial charge in [0, 0.05) is 13.6 Å². The van der Waals surface area contributed by atoms with Crippen molar-refractivity contribution in [2.24, 2.45) is 11.8 Å². The number of carboxylic acids is 1. The maximum Gasteiger partial charge on any atom is 0.307 e. The number of carbonyl (C=O) groups is 2. The lowest BCUT2D eigenvalue weighted by atomic mass is 10.1. The highest BCUT2D eigenvalue weighted by Crippen LogP contribution is 2.39. The number of likely N-dealkylation sites (N-methyl/N-ethyl adjacent to an activating group) is 1. The maximum atomic E-state index is 13.4. The molecule has 1 aliphatic rings. The number of carboxylic acid groups (broad SMARTS) is 1. The van der Waals surface area contributed by atoms with Crippen LogP contribution in [-0.4, -0.2) is 35.5 Å². The molecule has 0 spiro atoms. The number of benzene rings is 1. The van der Waals surface area contributed by atoms with E-state index in [-0.39, 0.29) is 11.7 Å². The van der Waals surface area contributed by atoms with Crippen LogP contribution >= 0.6 is 0 Å². The van der Waals surface area contributed by atoms with E-state index in [4.69, 9.17) is 5.11 Å². The Kier molecular flexibility index (Phi) is 3.83. The second-order valence-electron chi connectivity index (χ2n) is 4.89. The fourth-order valence-electron chi connectivity index (χ4n) is 2.12. The molecule has 2 rings (SSSR count). The molecular formula is C14H16FNO3. The third kappa shape index (κ3) is 3.10. The van der Waals surface area contributed by atoms with Gasteiger partial charge in [-0.25, -0.2) is 4.39 Å². The zero-order valence-electron chi connectivity index (χ0n) is 10.7. The quantitative estimate of drug-likeness (QED) is 0.878. The Bertz CT molecular complexity index is 503. The summed E-state index contributed by atoms with van der Waals surface area (Å²) in [7, 11) is 1.63. The normalized spacial score (nSPS) is 20.9. The Morgan fingerprint density at radius 2 is 2.05 bits per heavy atom. The molecule has 0 heterocycles. The molecule has 102 valence electrons. The molecule has 19 heavy (non-hydrogen) atoms. The predicted octanol–water partition coefficient (Wildman–Crippen LogP) is 1.55. The minimum atomic E-state index is -0.916. The van der Waals surface area contributed by atoms with Gasteiger partial charge < -0.3 is 10.0 Å². The Morgan fingerprint density at radius 3 is 2.63 bits per heavy atom. The summed E-state index contributed by atoms with van der Waals surface area (Å²) in [4.78, 5) is 24.1. The van der Waals surface area contributed by atoms with E-state index in [1.165, 1.54) is 11.0 Å². The number of halogens is 1. The van der Waals surface area contributed by atoms with Crippen molar-refractivity contribution in [3.63, 3.8) is 0 Å². The summed E-state index contributed by atoms with van der Waals surface area (Å²) in [6, 6.07) is 6.44. The van der Waals surface area contributed by atoms with Crippen molar-refractivity contribution in [3.8, 4) is 0 Å². The molecule has 1 amide bonds. The van der Waals surface area contributed by atoms with Gasteiger partial charge in [0.05, 0.1) is 11.8 Å². The maximum absolute atomic E-state index is 13.4. The summed E-state index contributed by atoms with van der Waals surface area (Å²) in [5.74, 6) is -2.30. The van der Waals surface area contributed by atoms with Gasteiger partial charge in [-0.3, -0.25) is 9.59 Å². The van der Waals surface area contributed by atoms with Crippen LogP contribution in [-0.2, 0) is 16.0 Å². The van der Waals surface area contributed by atoms with Crippen molar-refractivity contribution in [3.05, 3.63) is 35.6 Å². The molecule has 1 aromatic rings. The average molecular weight is 265 g/mol. The number of nitrogens with zero attached hydrogens (tertiary/aromatic N) is 1. The monoisotopic (exact) mass is 265 g/mol. The summed E-state index contributed by atoms with van der Waals surface area (Å²) < 4.78 is 13.4. The SMILES string of the molecule is CN(CCc1ccccc1F)C(=O)C1CC1C(=O)O. The van der Waals surface area contributed by atoms with E-state index >= 15 is 0 Å². The van der Waals surface area contributed by atoms with E-state index in [0.717, 1.165) is 0 Å². The van der Waals surface area contributed by atoms with Crippen molar-refractivity contribution in [2.45, 2.75) is 12.8 Å². The molecule has 0 aromatic heterocycles. The second kappa shape index (κ2) is 5.38. The number of carbonyl (C=O) groups excluding carboxylic acids is 1. The van der Waals surface area contributed by atoms with E-state index < -0.39 is 17.8 Å². The lowest BCUT2D eigenvalue weighted by Gasteiger charge is -2.17. The van der Waals surface area contributed by atoms with Crippen LogP contribution in [0.25, 0.3) is 0 Å². The van der Waals surface area contributed by atoms with Crippen LogP contribution in [0.4, 0.5) is 4.39 Å². The molecular weight excluding hydrogens is 249 g/mol. The zero-order valence-corrected chi connectivity index (χ0v) is 10.7. The first-order valence-electron chi connectivity index (χ1n) is 6.22. The molecule has 4 nitrogen and oxygen atoms in total. The van der Waals surface area contributed by atoms with E-state index in [9.17, 15) is 14.0 Å². The average Bonchev–Trinajstić information content (AvgIpc) is 3.17. The van der Waals surface area contributed by atoms with Crippen LogP contribution in [0.3, 0.4) is 0 Å². The van der Waals surface area contributed by atoms with Gasteiger partial charge in [-0.1, -0.05) is 18.2 Å². The van der Waals surface area contributed by atoms with E-state index in [2.05, 4.69) is 0 Å². The van der Waals surface area contributed by atoms with Crippen LogP contribution in [0.5, 0.6) is 0 Å².